The quantitative estimate of drug-likeness (QED) is 0.230. The van der Waals surface area contributed by atoms with E-state index in [-0.39, 0.29) is 0 Å². The van der Waals surface area contributed by atoms with Gasteiger partial charge in [0.25, 0.3) is 0 Å². The Hall–Kier alpha value is -0.0800. The number of unbranched alkanes of at least 4 members (excludes halogenated alkanes) is 11. The molecular formula is C22H47NO. The van der Waals surface area contributed by atoms with Crippen LogP contribution in [-0.4, -0.2) is 25.8 Å². The number of hydrogen-bond acceptors (Lipinski definition) is 2. The van der Waals surface area contributed by atoms with Crippen molar-refractivity contribution in [1.29, 1.82) is 0 Å². The Bertz CT molecular complexity index is 210. The summed E-state index contributed by atoms with van der Waals surface area (Å²) in [6, 6.07) is 0. The third kappa shape index (κ3) is 21.9. The van der Waals surface area contributed by atoms with E-state index in [2.05, 4.69) is 26.1 Å². The highest BCUT2D eigenvalue weighted by molar-refractivity contribution is 4.68. The SMILES string of the molecule is CCCCCCCCCCCCC1CO1.CCCCNCCCC. The number of epoxide rings is 1. The molecule has 1 unspecified atom stereocenters. The minimum Gasteiger partial charge on any atom is -0.373 e. The molecule has 0 aromatic heterocycles. The molecule has 1 rings (SSSR count). The van der Waals surface area contributed by atoms with Gasteiger partial charge in [0, 0.05) is 0 Å². The Balaban J connectivity index is 0.000000506. The zero-order chi connectivity index (χ0) is 17.7. The van der Waals surface area contributed by atoms with Crippen LogP contribution in [0.3, 0.4) is 0 Å². The van der Waals surface area contributed by atoms with Crippen molar-refractivity contribution >= 4 is 0 Å². The summed E-state index contributed by atoms with van der Waals surface area (Å²) in [5.74, 6) is 0. The Morgan fingerprint density at radius 2 is 1.04 bits per heavy atom. The van der Waals surface area contributed by atoms with Crippen molar-refractivity contribution in [2.45, 2.75) is 123 Å². The van der Waals surface area contributed by atoms with E-state index in [0.717, 1.165) is 6.61 Å². The second-order valence-corrected chi connectivity index (χ2v) is 7.38. The molecule has 0 aromatic carbocycles. The Morgan fingerprint density at radius 1 is 0.625 bits per heavy atom. The van der Waals surface area contributed by atoms with Crippen LogP contribution in [0, 0.1) is 0 Å². The molecule has 2 heteroatoms. The van der Waals surface area contributed by atoms with Crippen molar-refractivity contribution in [2.75, 3.05) is 19.7 Å². The first-order valence-electron chi connectivity index (χ1n) is 11.2. The van der Waals surface area contributed by atoms with Gasteiger partial charge >= 0.3 is 0 Å². The minimum absolute atomic E-state index is 0.652. The molecular weight excluding hydrogens is 294 g/mol. The van der Waals surface area contributed by atoms with Crippen LogP contribution in [0.4, 0.5) is 0 Å². The highest BCUT2D eigenvalue weighted by Gasteiger charge is 2.20. The summed E-state index contributed by atoms with van der Waals surface area (Å²) in [5, 5.41) is 3.39. The van der Waals surface area contributed by atoms with E-state index in [4.69, 9.17) is 4.74 Å². The van der Waals surface area contributed by atoms with Crippen LogP contribution in [0.5, 0.6) is 0 Å². The molecule has 24 heavy (non-hydrogen) atoms. The minimum atomic E-state index is 0.652. The van der Waals surface area contributed by atoms with E-state index < -0.39 is 0 Å². The van der Waals surface area contributed by atoms with E-state index in [1.807, 2.05) is 0 Å². The van der Waals surface area contributed by atoms with Gasteiger partial charge in [0.05, 0.1) is 12.7 Å². The van der Waals surface area contributed by atoms with E-state index in [1.54, 1.807) is 0 Å². The molecule has 1 saturated heterocycles. The van der Waals surface area contributed by atoms with Crippen molar-refractivity contribution in [1.82, 2.24) is 5.32 Å². The van der Waals surface area contributed by atoms with Gasteiger partial charge in [-0.2, -0.15) is 0 Å². The van der Waals surface area contributed by atoms with Gasteiger partial charge in [-0.15, -0.1) is 0 Å². The summed E-state index contributed by atoms with van der Waals surface area (Å²) >= 11 is 0. The zero-order valence-electron chi connectivity index (χ0n) is 17.2. The van der Waals surface area contributed by atoms with Crippen LogP contribution in [0.1, 0.15) is 117 Å². The smallest absolute Gasteiger partial charge is 0.0810 e. The molecule has 0 saturated carbocycles. The van der Waals surface area contributed by atoms with Gasteiger partial charge < -0.3 is 10.1 Å². The average molecular weight is 342 g/mol. The second kappa shape index (κ2) is 21.0. The van der Waals surface area contributed by atoms with Crippen molar-refractivity contribution < 1.29 is 4.74 Å². The first-order chi connectivity index (χ1) is 11.8. The summed E-state index contributed by atoms with van der Waals surface area (Å²) in [4.78, 5) is 0. The summed E-state index contributed by atoms with van der Waals surface area (Å²) in [6.07, 6.45) is 21.6. The van der Waals surface area contributed by atoms with E-state index >= 15 is 0 Å². The molecule has 0 spiro atoms. The van der Waals surface area contributed by atoms with Gasteiger partial charge in [-0.25, -0.2) is 0 Å². The molecule has 0 bridgehead atoms. The number of rotatable bonds is 17. The lowest BCUT2D eigenvalue weighted by Crippen LogP contribution is -2.15. The van der Waals surface area contributed by atoms with Gasteiger partial charge in [-0.1, -0.05) is 97.8 Å². The molecule has 0 aliphatic carbocycles. The molecule has 1 aliphatic heterocycles. The molecule has 1 heterocycles. The first-order valence-corrected chi connectivity index (χ1v) is 11.2. The molecule has 146 valence electrons. The molecule has 1 atom stereocenters. The summed E-state index contributed by atoms with van der Waals surface area (Å²) in [7, 11) is 0. The van der Waals surface area contributed by atoms with Crippen LogP contribution in [0.15, 0.2) is 0 Å². The second-order valence-electron chi connectivity index (χ2n) is 7.38. The van der Waals surface area contributed by atoms with Gasteiger partial charge in [-0.05, 0) is 32.4 Å². The van der Waals surface area contributed by atoms with Crippen molar-refractivity contribution in [3.05, 3.63) is 0 Å². The highest BCUT2D eigenvalue weighted by atomic mass is 16.6. The Kier molecular flexibility index (Phi) is 20.9. The van der Waals surface area contributed by atoms with Crippen molar-refractivity contribution in [3.8, 4) is 0 Å². The largest absolute Gasteiger partial charge is 0.373 e. The van der Waals surface area contributed by atoms with Gasteiger partial charge in [0.15, 0.2) is 0 Å². The lowest BCUT2D eigenvalue weighted by Gasteiger charge is -2.01. The van der Waals surface area contributed by atoms with E-state index in [0.29, 0.717) is 6.10 Å². The maximum Gasteiger partial charge on any atom is 0.0810 e. The average Bonchev–Trinajstić information content (AvgIpc) is 3.41. The van der Waals surface area contributed by atoms with Gasteiger partial charge in [0.2, 0.25) is 0 Å². The molecule has 2 nitrogen and oxygen atoms in total. The normalized spacial score (nSPS) is 15.9. The van der Waals surface area contributed by atoms with E-state index in [1.165, 1.54) is 109 Å². The monoisotopic (exact) mass is 341 g/mol. The predicted molar refractivity (Wildman–Crippen MR) is 109 cm³/mol. The zero-order valence-corrected chi connectivity index (χ0v) is 17.2. The fourth-order valence-electron chi connectivity index (χ4n) is 2.82. The van der Waals surface area contributed by atoms with E-state index in [9.17, 15) is 0 Å². The highest BCUT2D eigenvalue weighted by Crippen LogP contribution is 2.18. The maximum atomic E-state index is 5.19. The Labute approximate surface area is 153 Å². The van der Waals surface area contributed by atoms with Crippen LogP contribution in [0.2, 0.25) is 0 Å². The van der Waals surface area contributed by atoms with Crippen LogP contribution in [0.25, 0.3) is 0 Å². The van der Waals surface area contributed by atoms with Crippen molar-refractivity contribution in [2.24, 2.45) is 0 Å². The lowest BCUT2D eigenvalue weighted by molar-refractivity contribution is 0.387. The molecule has 1 aliphatic rings. The molecule has 0 aromatic rings. The van der Waals surface area contributed by atoms with Crippen LogP contribution in [-0.2, 0) is 4.74 Å². The third-order valence-corrected chi connectivity index (χ3v) is 4.70. The maximum absolute atomic E-state index is 5.19. The number of ether oxygens (including phenoxy) is 1. The predicted octanol–water partition coefficient (Wildman–Crippen LogP) is 6.87. The molecule has 0 amide bonds. The number of hydrogen-bond donors (Lipinski definition) is 1. The standard InChI is InChI=1S/C14H28O.C8H19N/c1-2-3-4-5-6-7-8-9-10-11-12-14-13-15-14;1-3-5-7-9-8-6-4-2/h14H,2-13H2,1H3;9H,3-8H2,1-2H3. The van der Waals surface area contributed by atoms with Gasteiger partial charge in [0.1, 0.15) is 0 Å². The molecule has 1 fully saturated rings. The topological polar surface area (TPSA) is 24.6 Å². The van der Waals surface area contributed by atoms with Crippen LogP contribution < -0.4 is 5.32 Å². The summed E-state index contributed by atoms with van der Waals surface area (Å²) in [6.45, 7) is 10.2. The van der Waals surface area contributed by atoms with Gasteiger partial charge in [-0.3, -0.25) is 0 Å². The first kappa shape index (κ1) is 23.9. The van der Waals surface area contributed by atoms with Crippen LogP contribution >= 0.6 is 0 Å². The summed E-state index contributed by atoms with van der Waals surface area (Å²) in [5.41, 5.74) is 0. The lowest BCUT2D eigenvalue weighted by atomic mass is 10.1. The Morgan fingerprint density at radius 3 is 1.46 bits per heavy atom. The van der Waals surface area contributed by atoms with Crippen molar-refractivity contribution in [3.63, 3.8) is 0 Å². The summed E-state index contributed by atoms with van der Waals surface area (Å²) < 4.78 is 5.19. The number of nitrogens with one attached hydrogen (secondary N) is 1. The fraction of sp³-hybridized carbons (Fsp3) is 1.00. The third-order valence-electron chi connectivity index (χ3n) is 4.70. The molecule has 1 N–H and O–H groups in total. The fourth-order valence-corrected chi connectivity index (χ4v) is 2.82. The molecule has 0 radical (unpaired) electrons.